The van der Waals surface area contributed by atoms with Crippen LogP contribution in [0.3, 0.4) is 0 Å². The predicted octanol–water partition coefficient (Wildman–Crippen LogP) is 3.13. The Labute approximate surface area is 116 Å². The van der Waals surface area contributed by atoms with E-state index in [2.05, 4.69) is 4.98 Å². The minimum atomic E-state index is -0.0730. The molecule has 0 unspecified atom stereocenters. The Morgan fingerprint density at radius 1 is 1.42 bits per heavy atom. The van der Waals surface area contributed by atoms with Crippen molar-refractivity contribution in [1.29, 1.82) is 0 Å². The Kier molecular flexibility index (Phi) is 3.85. The number of aromatic hydroxyl groups is 1. The third-order valence-electron chi connectivity index (χ3n) is 2.98. The van der Waals surface area contributed by atoms with Gasteiger partial charge in [-0.15, -0.1) is 11.3 Å². The number of phenolic OH excluding ortho intramolecular Hbond substituents is 1. The van der Waals surface area contributed by atoms with Gasteiger partial charge in [0.05, 0.1) is 16.9 Å². The third-order valence-corrected chi connectivity index (χ3v) is 3.90. The topological polar surface area (TPSA) is 53.4 Å². The second-order valence-corrected chi connectivity index (χ2v) is 5.14. The highest BCUT2D eigenvalue weighted by molar-refractivity contribution is 7.12. The van der Waals surface area contributed by atoms with Crippen LogP contribution >= 0.6 is 11.3 Å². The lowest BCUT2D eigenvalue weighted by molar-refractivity contribution is 0.0991. The highest BCUT2D eigenvalue weighted by atomic mass is 32.1. The smallest absolute Gasteiger partial charge is 0.270 e. The van der Waals surface area contributed by atoms with Crippen LogP contribution in [0.4, 0.5) is 5.69 Å². The Balaban J connectivity index is 2.43. The Morgan fingerprint density at radius 2 is 2.16 bits per heavy atom. The van der Waals surface area contributed by atoms with E-state index in [-0.39, 0.29) is 11.7 Å². The molecule has 1 heterocycles. The number of hydrogen-bond donors (Lipinski definition) is 1. The van der Waals surface area contributed by atoms with E-state index in [9.17, 15) is 9.90 Å². The van der Waals surface area contributed by atoms with Crippen molar-refractivity contribution in [3.63, 3.8) is 0 Å². The molecule has 100 valence electrons. The van der Waals surface area contributed by atoms with E-state index in [0.29, 0.717) is 11.4 Å². The predicted molar refractivity (Wildman–Crippen MR) is 77.0 cm³/mol. The first-order chi connectivity index (χ1) is 9.04. The number of rotatable bonds is 3. The van der Waals surface area contributed by atoms with Gasteiger partial charge in [0.15, 0.2) is 0 Å². The van der Waals surface area contributed by atoms with Gasteiger partial charge in [0, 0.05) is 12.6 Å². The molecule has 0 spiro atoms. The number of aryl methyl sites for hydroxylation is 2. The Bertz CT molecular complexity index is 607. The molecule has 1 N–H and O–H groups in total. The maximum atomic E-state index is 12.5. The molecule has 0 saturated heterocycles. The van der Waals surface area contributed by atoms with Gasteiger partial charge in [-0.05, 0) is 32.4 Å². The summed E-state index contributed by atoms with van der Waals surface area (Å²) < 4.78 is 0. The van der Waals surface area contributed by atoms with E-state index >= 15 is 0 Å². The van der Waals surface area contributed by atoms with Crippen molar-refractivity contribution in [3.05, 3.63) is 39.8 Å². The van der Waals surface area contributed by atoms with Crippen LogP contribution in [0.1, 0.15) is 27.9 Å². The van der Waals surface area contributed by atoms with Gasteiger partial charge < -0.3 is 10.0 Å². The molecule has 0 atom stereocenters. The molecule has 5 heteroatoms. The number of carbonyl (C=O) groups excluding carboxylic acids is 1. The maximum Gasteiger partial charge on any atom is 0.270 e. The van der Waals surface area contributed by atoms with Crippen molar-refractivity contribution in [2.75, 3.05) is 11.4 Å². The molecule has 2 aromatic rings. The van der Waals surface area contributed by atoms with Crippen molar-refractivity contribution in [2.24, 2.45) is 0 Å². The van der Waals surface area contributed by atoms with Gasteiger partial charge in [0.25, 0.3) is 5.91 Å². The zero-order chi connectivity index (χ0) is 14.0. The van der Waals surface area contributed by atoms with Crippen LogP contribution in [0.15, 0.2) is 23.7 Å². The van der Waals surface area contributed by atoms with E-state index in [4.69, 9.17) is 0 Å². The third kappa shape index (κ3) is 2.61. The molecule has 19 heavy (non-hydrogen) atoms. The number of benzene rings is 1. The fourth-order valence-corrected chi connectivity index (χ4v) is 2.69. The monoisotopic (exact) mass is 276 g/mol. The number of thiazole rings is 1. The fraction of sp³-hybridized carbons (Fsp3) is 0.286. The van der Waals surface area contributed by atoms with E-state index in [1.165, 1.54) is 11.3 Å². The Hall–Kier alpha value is -1.88. The molecule has 1 aromatic heterocycles. The first-order valence-electron chi connectivity index (χ1n) is 6.06. The van der Waals surface area contributed by atoms with Crippen LogP contribution in [0.25, 0.3) is 0 Å². The van der Waals surface area contributed by atoms with Gasteiger partial charge in [-0.2, -0.15) is 0 Å². The van der Waals surface area contributed by atoms with Gasteiger partial charge >= 0.3 is 0 Å². The van der Waals surface area contributed by atoms with Crippen LogP contribution in [0.5, 0.6) is 5.75 Å². The number of nitrogens with zero attached hydrogens (tertiary/aromatic N) is 2. The van der Waals surface area contributed by atoms with Gasteiger partial charge in [0.1, 0.15) is 10.6 Å². The SMILES string of the molecule is CCN(C(=O)c1scnc1C)c1cc(O)ccc1C. The van der Waals surface area contributed by atoms with Crippen molar-refractivity contribution in [2.45, 2.75) is 20.8 Å². The summed E-state index contributed by atoms with van der Waals surface area (Å²) in [6.07, 6.45) is 0. The number of aromatic nitrogens is 1. The fourth-order valence-electron chi connectivity index (χ4n) is 1.94. The molecule has 0 saturated carbocycles. The van der Waals surface area contributed by atoms with E-state index in [1.54, 1.807) is 28.6 Å². The van der Waals surface area contributed by atoms with Crippen molar-refractivity contribution >= 4 is 22.9 Å². The number of anilines is 1. The molecule has 0 radical (unpaired) electrons. The lowest BCUT2D eigenvalue weighted by Gasteiger charge is -2.22. The highest BCUT2D eigenvalue weighted by Crippen LogP contribution is 2.27. The van der Waals surface area contributed by atoms with Crippen LogP contribution in [-0.4, -0.2) is 22.5 Å². The van der Waals surface area contributed by atoms with Gasteiger partial charge in [-0.1, -0.05) is 6.07 Å². The summed E-state index contributed by atoms with van der Waals surface area (Å²) in [4.78, 5) is 19.0. The number of amides is 1. The zero-order valence-electron chi connectivity index (χ0n) is 11.2. The first kappa shape index (κ1) is 13.5. The van der Waals surface area contributed by atoms with Crippen LogP contribution in [-0.2, 0) is 0 Å². The van der Waals surface area contributed by atoms with Crippen LogP contribution in [0, 0.1) is 13.8 Å². The summed E-state index contributed by atoms with van der Waals surface area (Å²) in [5, 5.41) is 9.60. The molecule has 0 aliphatic heterocycles. The summed E-state index contributed by atoms with van der Waals surface area (Å²) in [7, 11) is 0. The summed E-state index contributed by atoms with van der Waals surface area (Å²) in [6, 6.07) is 5.04. The molecule has 2 rings (SSSR count). The first-order valence-corrected chi connectivity index (χ1v) is 6.94. The van der Waals surface area contributed by atoms with Gasteiger partial charge in [-0.25, -0.2) is 4.98 Å². The van der Waals surface area contributed by atoms with Crippen LogP contribution in [0.2, 0.25) is 0 Å². The summed E-state index contributed by atoms with van der Waals surface area (Å²) in [5.41, 5.74) is 4.10. The minimum Gasteiger partial charge on any atom is -0.508 e. The molecule has 1 amide bonds. The van der Waals surface area contributed by atoms with Gasteiger partial charge in [0.2, 0.25) is 0 Å². The lowest BCUT2D eigenvalue weighted by Crippen LogP contribution is -2.31. The molecular formula is C14H16N2O2S. The second kappa shape index (κ2) is 5.40. The van der Waals surface area contributed by atoms with Crippen LogP contribution < -0.4 is 4.90 Å². The molecule has 0 aliphatic carbocycles. The normalized spacial score (nSPS) is 10.5. The quantitative estimate of drug-likeness (QED) is 0.937. The molecule has 4 nitrogen and oxygen atoms in total. The maximum absolute atomic E-state index is 12.5. The standard InChI is InChI=1S/C14H16N2O2S/c1-4-16(12-7-11(17)6-5-9(12)2)14(18)13-10(3)15-8-19-13/h5-8,17H,4H2,1-3H3. The van der Waals surface area contributed by atoms with Crippen molar-refractivity contribution in [3.8, 4) is 5.75 Å². The lowest BCUT2D eigenvalue weighted by atomic mass is 10.1. The average molecular weight is 276 g/mol. The largest absolute Gasteiger partial charge is 0.508 e. The number of carbonyl (C=O) groups is 1. The summed E-state index contributed by atoms with van der Waals surface area (Å²) in [5.74, 6) is 0.0871. The van der Waals surface area contributed by atoms with E-state index in [1.807, 2.05) is 20.8 Å². The van der Waals surface area contributed by atoms with Gasteiger partial charge in [-0.3, -0.25) is 4.79 Å². The summed E-state index contributed by atoms with van der Waals surface area (Å²) >= 11 is 1.34. The molecule has 0 aliphatic rings. The second-order valence-electron chi connectivity index (χ2n) is 4.29. The summed E-state index contributed by atoms with van der Waals surface area (Å²) in [6.45, 7) is 6.20. The van der Waals surface area contributed by atoms with E-state index in [0.717, 1.165) is 16.9 Å². The highest BCUT2D eigenvalue weighted by Gasteiger charge is 2.21. The zero-order valence-corrected chi connectivity index (χ0v) is 12.0. The van der Waals surface area contributed by atoms with E-state index < -0.39 is 0 Å². The Morgan fingerprint density at radius 3 is 2.74 bits per heavy atom. The number of phenols is 1. The van der Waals surface area contributed by atoms with Crippen molar-refractivity contribution in [1.82, 2.24) is 4.98 Å². The number of hydrogen-bond acceptors (Lipinski definition) is 4. The molecule has 0 bridgehead atoms. The molecule has 0 fully saturated rings. The molecule has 1 aromatic carbocycles. The average Bonchev–Trinajstić information content (AvgIpc) is 2.80. The van der Waals surface area contributed by atoms with Crippen molar-refractivity contribution < 1.29 is 9.90 Å². The minimum absolute atomic E-state index is 0.0730. The molecular weight excluding hydrogens is 260 g/mol.